The minimum absolute atomic E-state index is 0.00434. The third-order valence-corrected chi connectivity index (χ3v) is 7.59. The van der Waals surface area contributed by atoms with Crippen molar-refractivity contribution >= 4 is 45.5 Å². The van der Waals surface area contributed by atoms with Gasteiger partial charge in [0, 0.05) is 9.86 Å². The van der Waals surface area contributed by atoms with Crippen molar-refractivity contribution in [2.45, 2.75) is 26.3 Å². The van der Waals surface area contributed by atoms with Crippen molar-refractivity contribution in [1.82, 2.24) is 25.2 Å². The number of H-pyrrole nitrogens is 1. The molecule has 4 aromatic rings. The van der Waals surface area contributed by atoms with Crippen molar-refractivity contribution in [3.8, 4) is 5.69 Å². The molecular weight excluding hydrogens is 520 g/mol. The van der Waals surface area contributed by atoms with Gasteiger partial charge in [0.15, 0.2) is 11.7 Å². The molecule has 0 saturated carbocycles. The normalized spacial score (nSPS) is 13.2. The topological polar surface area (TPSA) is 124 Å². The standard InChI is InChI=1S/C20H22BrFN5O5P/c1-3-31-33(29,32-4-2)19(10-28)30-11-17-14-6-5-13(9-16(14)23-24-17)27-18-8-12(21)7-15(22)20(18)25-26-27/h5-9,19,28H,3-4,10-11H2,1-2H3,(H,23,24). The van der Waals surface area contributed by atoms with E-state index in [0.29, 0.717) is 26.9 Å². The molecule has 0 aliphatic carbocycles. The molecule has 0 spiro atoms. The van der Waals surface area contributed by atoms with Crippen molar-refractivity contribution in [3.05, 3.63) is 46.3 Å². The Bertz CT molecular complexity index is 1320. The summed E-state index contributed by atoms with van der Waals surface area (Å²) in [6.45, 7) is 3.15. The first-order chi connectivity index (χ1) is 15.9. The molecule has 4 rings (SSSR count). The highest BCUT2D eigenvalue weighted by atomic mass is 79.9. The second-order valence-electron chi connectivity index (χ2n) is 6.98. The Morgan fingerprint density at radius 3 is 2.70 bits per heavy atom. The number of halogens is 2. The van der Waals surface area contributed by atoms with E-state index in [1.807, 2.05) is 6.07 Å². The van der Waals surface area contributed by atoms with Crippen molar-refractivity contribution < 1.29 is 27.8 Å². The number of aliphatic hydroxyl groups is 1. The van der Waals surface area contributed by atoms with Crippen LogP contribution in [0, 0.1) is 5.82 Å². The number of nitrogens with zero attached hydrogens (tertiary/aromatic N) is 4. The zero-order valence-electron chi connectivity index (χ0n) is 17.9. The Labute approximate surface area is 196 Å². The summed E-state index contributed by atoms with van der Waals surface area (Å²) in [4.78, 5) is 0. The number of aromatic amines is 1. The summed E-state index contributed by atoms with van der Waals surface area (Å²) in [7, 11) is -3.64. The Hall–Kier alpha value is -2.21. The molecule has 0 saturated heterocycles. The summed E-state index contributed by atoms with van der Waals surface area (Å²) in [5, 5.41) is 25.6. The van der Waals surface area contributed by atoms with Crippen LogP contribution in [0.25, 0.3) is 27.6 Å². The minimum Gasteiger partial charge on any atom is -0.393 e. The van der Waals surface area contributed by atoms with E-state index in [1.165, 1.54) is 10.7 Å². The summed E-state index contributed by atoms with van der Waals surface area (Å²) in [6.07, 6.45) is 0. The van der Waals surface area contributed by atoms with E-state index >= 15 is 0 Å². The lowest BCUT2D eigenvalue weighted by Crippen LogP contribution is -2.21. The van der Waals surface area contributed by atoms with Gasteiger partial charge in [0.25, 0.3) is 0 Å². The van der Waals surface area contributed by atoms with Crippen LogP contribution in [-0.4, -0.2) is 56.0 Å². The van der Waals surface area contributed by atoms with Gasteiger partial charge in [-0.2, -0.15) is 5.10 Å². The van der Waals surface area contributed by atoms with Crippen LogP contribution in [0.2, 0.25) is 0 Å². The average molecular weight is 542 g/mol. The summed E-state index contributed by atoms with van der Waals surface area (Å²) in [6, 6.07) is 8.45. The fraction of sp³-hybridized carbons (Fsp3) is 0.350. The van der Waals surface area contributed by atoms with E-state index in [9.17, 15) is 14.1 Å². The largest absolute Gasteiger partial charge is 0.393 e. The van der Waals surface area contributed by atoms with Crippen LogP contribution in [0.1, 0.15) is 19.5 Å². The number of benzene rings is 2. The van der Waals surface area contributed by atoms with Crippen molar-refractivity contribution in [1.29, 1.82) is 0 Å². The van der Waals surface area contributed by atoms with Gasteiger partial charge in [-0.15, -0.1) is 5.10 Å². The highest BCUT2D eigenvalue weighted by molar-refractivity contribution is 9.10. The maximum absolute atomic E-state index is 14.2. The van der Waals surface area contributed by atoms with Gasteiger partial charge >= 0.3 is 7.60 Å². The molecule has 33 heavy (non-hydrogen) atoms. The van der Waals surface area contributed by atoms with Crippen LogP contribution in [-0.2, 0) is 25.0 Å². The smallest absolute Gasteiger partial charge is 0.361 e. The van der Waals surface area contributed by atoms with E-state index in [-0.39, 0.29) is 25.3 Å². The molecule has 0 aliphatic heterocycles. The van der Waals surface area contributed by atoms with E-state index in [0.717, 1.165) is 5.39 Å². The average Bonchev–Trinajstić information content (AvgIpc) is 3.38. The summed E-state index contributed by atoms with van der Waals surface area (Å²) in [5.41, 5.74) is 2.55. The fourth-order valence-corrected chi connectivity index (χ4v) is 5.43. The molecule has 1 atom stereocenters. The summed E-state index contributed by atoms with van der Waals surface area (Å²) in [5.74, 6) is -1.61. The number of aromatic nitrogens is 5. The summed E-state index contributed by atoms with van der Waals surface area (Å²) < 4.78 is 45.4. The van der Waals surface area contributed by atoms with E-state index < -0.39 is 25.9 Å². The maximum atomic E-state index is 14.2. The number of hydrogen-bond acceptors (Lipinski definition) is 8. The summed E-state index contributed by atoms with van der Waals surface area (Å²) >= 11 is 3.29. The molecule has 13 heteroatoms. The van der Waals surface area contributed by atoms with Crippen molar-refractivity contribution in [3.63, 3.8) is 0 Å². The Balaban J connectivity index is 1.59. The van der Waals surface area contributed by atoms with Crippen molar-refractivity contribution in [2.75, 3.05) is 19.8 Å². The predicted molar refractivity (Wildman–Crippen MR) is 123 cm³/mol. The first-order valence-corrected chi connectivity index (χ1v) is 12.6. The number of nitrogens with one attached hydrogen (secondary N) is 1. The van der Waals surface area contributed by atoms with Gasteiger partial charge < -0.3 is 18.9 Å². The molecule has 176 valence electrons. The lowest BCUT2D eigenvalue weighted by atomic mass is 10.2. The number of fused-ring (bicyclic) bond motifs is 2. The third kappa shape index (κ3) is 4.72. The number of hydrogen-bond donors (Lipinski definition) is 2. The Kier molecular flexibility index (Phi) is 7.22. The second kappa shape index (κ2) is 9.96. The van der Waals surface area contributed by atoms with Crippen LogP contribution in [0.3, 0.4) is 0 Å². The van der Waals surface area contributed by atoms with Gasteiger partial charge in [0.2, 0.25) is 0 Å². The molecule has 1 unspecified atom stereocenters. The minimum atomic E-state index is -3.64. The Morgan fingerprint density at radius 2 is 2.00 bits per heavy atom. The first-order valence-electron chi connectivity index (χ1n) is 10.2. The number of rotatable bonds is 10. The van der Waals surface area contributed by atoms with Gasteiger partial charge in [-0.3, -0.25) is 9.66 Å². The monoisotopic (exact) mass is 541 g/mol. The molecule has 10 nitrogen and oxygen atoms in total. The molecule has 2 aromatic heterocycles. The molecule has 2 N–H and O–H groups in total. The highest BCUT2D eigenvalue weighted by Gasteiger charge is 2.36. The van der Waals surface area contributed by atoms with E-state index in [1.54, 1.807) is 32.0 Å². The molecule has 0 bridgehead atoms. The van der Waals surface area contributed by atoms with Gasteiger partial charge in [-0.25, -0.2) is 9.07 Å². The van der Waals surface area contributed by atoms with Gasteiger partial charge in [-0.05, 0) is 44.2 Å². The molecule has 0 aliphatic rings. The van der Waals surface area contributed by atoms with Gasteiger partial charge in [0.1, 0.15) is 5.52 Å². The second-order valence-corrected chi connectivity index (χ2v) is 10.1. The van der Waals surface area contributed by atoms with Crippen LogP contribution in [0.4, 0.5) is 4.39 Å². The lowest BCUT2D eigenvalue weighted by Gasteiger charge is -2.24. The van der Waals surface area contributed by atoms with Crippen LogP contribution in [0.15, 0.2) is 34.8 Å². The zero-order valence-corrected chi connectivity index (χ0v) is 20.3. The molecule has 2 aromatic carbocycles. The van der Waals surface area contributed by atoms with E-state index in [2.05, 4.69) is 36.4 Å². The van der Waals surface area contributed by atoms with Crippen LogP contribution in [0.5, 0.6) is 0 Å². The van der Waals surface area contributed by atoms with E-state index in [4.69, 9.17) is 13.8 Å². The zero-order chi connectivity index (χ0) is 23.6. The molecule has 0 amide bonds. The molecular formula is C20H22BrFN5O5P. The predicted octanol–water partition coefficient (Wildman–Crippen LogP) is 4.30. The van der Waals surface area contributed by atoms with Crippen LogP contribution < -0.4 is 0 Å². The fourth-order valence-electron chi connectivity index (χ4n) is 3.43. The molecule has 2 heterocycles. The molecule has 0 radical (unpaired) electrons. The third-order valence-electron chi connectivity index (χ3n) is 4.88. The van der Waals surface area contributed by atoms with Crippen LogP contribution >= 0.6 is 23.5 Å². The maximum Gasteiger partial charge on any atom is 0.361 e. The van der Waals surface area contributed by atoms with Gasteiger partial charge in [-0.1, -0.05) is 21.1 Å². The number of aliphatic hydroxyl groups excluding tert-OH is 1. The first kappa shape index (κ1) is 23.9. The lowest BCUT2D eigenvalue weighted by molar-refractivity contribution is 0.0251. The van der Waals surface area contributed by atoms with Gasteiger partial charge in [0.05, 0.1) is 48.8 Å². The number of ether oxygens (including phenoxy) is 1. The quantitative estimate of drug-likeness (QED) is 0.285. The molecule has 0 fully saturated rings. The SMILES string of the molecule is CCOP(=O)(OCC)C(CO)OCc1[nH]nc2cc(-n3nnc4c(F)cc(Br)cc43)ccc12. The highest BCUT2D eigenvalue weighted by Crippen LogP contribution is 2.53. The van der Waals surface area contributed by atoms with Crippen molar-refractivity contribution in [2.24, 2.45) is 0 Å². The Morgan fingerprint density at radius 1 is 1.24 bits per heavy atom.